The van der Waals surface area contributed by atoms with Gasteiger partial charge >= 0.3 is 24.4 Å². The van der Waals surface area contributed by atoms with Crippen LogP contribution in [0.15, 0.2) is 43.1 Å². The summed E-state index contributed by atoms with van der Waals surface area (Å²) in [7, 11) is 2.93. The molecule has 0 saturated heterocycles. The first-order valence-corrected chi connectivity index (χ1v) is 14.5. The van der Waals surface area contributed by atoms with Gasteiger partial charge in [-0.1, -0.05) is 11.6 Å². The maximum absolute atomic E-state index is 13.8. The lowest BCUT2D eigenvalue weighted by Crippen LogP contribution is -2.50. The van der Waals surface area contributed by atoms with Gasteiger partial charge in [-0.05, 0) is 37.8 Å². The number of aryl methyl sites for hydroxylation is 1. The normalized spacial score (nSPS) is 16.9. The molecule has 0 aromatic carbocycles. The fraction of sp³-hybridized carbons (Fsp3) is 0.393. The van der Waals surface area contributed by atoms with Crippen LogP contribution in [0.5, 0.6) is 6.01 Å². The van der Waals surface area contributed by atoms with Gasteiger partial charge in [-0.25, -0.2) is 29.7 Å². The lowest BCUT2D eigenvalue weighted by Gasteiger charge is -2.36. The molecule has 2 N–H and O–H groups in total. The second kappa shape index (κ2) is 13.5. The summed E-state index contributed by atoms with van der Waals surface area (Å²) in [5.41, 5.74) is -0.552. The van der Waals surface area contributed by atoms with Crippen LogP contribution in [-0.4, -0.2) is 72.6 Å². The molecule has 5 rings (SSSR count). The Balaban J connectivity index is 1.32. The van der Waals surface area contributed by atoms with Crippen molar-refractivity contribution >= 4 is 29.4 Å². The average Bonchev–Trinajstić information content (AvgIpc) is 3.37. The van der Waals surface area contributed by atoms with E-state index < -0.39 is 42.2 Å². The molecule has 0 aliphatic heterocycles. The molecule has 12 nitrogen and oxygen atoms in total. The van der Waals surface area contributed by atoms with Gasteiger partial charge in [0.05, 0.1) is 12.1 Å². The Bertz CT molecular complexity index is 1690. The third kappa shape index (κ3) is 8.16. The highest BCUT2D eigenvalue weighted by Gasteiger charge is 2.38. The predicted molar refractivity (Wildman–Crippen MR) is 158 cm³/mol. The van der Waals surface area contributed by atoms with E-state index >= 15 is 0 Å². The molecule has 4 aromatic rings. The summed E-state index contributed by atoms with van der Waals surface area (Å²) in [6.07, 6.45) is -1.49. The van der Waals surface area contributed by atoms with Gasteiger partial charge in [-0.15, -0.1) is 0 Å². The topological polar surface area (TPSA) is 136 Å². The summed E-state index contributed by atoms with van der Waals surface area (Å²) < 4.78 is 86.4. The van der Waals surface area contributed by atoms with Crippen LogP contribution in [-0.2, 0) is 13.2 Å². The van der Waals surface area contributed by atoms with E-state index in [9.17, 15) is 31.1 Å². The number of rotatable bonds is 8. The number of nitrogens with zero attached hydrogens (tertiary/aromatic N) is 8. The highest BCUT2D eigenvalue weighted by molar-refractivity contribution is 6.32. The number of alkyl halides is 6. The number of carbonyl (C=O) groups is 1. The number of pyridine rings is 1. The number of urea groups is 1. The molecule has 1 aliphatic rings. The third-order valence-corrected chi connectivity index (χ3v) is 7.57. The number of hydrogen-bond donors (Lipinski definition) is 2. The number of nitrogens with one attached hydrogen (secondary N) is 2. The van der Waals surface area contributed by atoms with Crippen LogP contribution in [0.2, 0.25) is 5.02 Å². The molecule has 1 aliphatic carbocycles. The van der Waals surface area contributed by atoms with Crippen molar-refractivity contribution in [2.24, 2.45) is 7.05 Å². The van der Waals surface area contributed by atoms with Crippen molar-refractivity contribution in [1.29, 1.82) is 0 Å². The molecule has 4 aromatic heterocycles. The Labute approximate surface area is 268 Å². The highest BCUT2D eigenvalue weighted by Crippen LogP contribution is 2.38. The van der Waals surface area contributed by atoms with E-state index in [0.29, 0.717) is 43.0 Å². The van der Waals surface area contributed by atoms with Gasteiger partial charge in [-0.3, -0.25) is 9.58 Å². The zero-order valence-corrected chi connectivity index (χ0v) is 25.5. The van der Waals surface area contributed by atoms with E-state index in [0.717, 1.165) is 0 Å². The zero-order valence-electron chi connectivity index (χ0n) is 24.8. The molecular formula is C28H27ClF6N10O2. The second-order valence-electron chi connectivity index (χ2n) is 10.6. The largest absolute Gasteiger partial charge is 0.467 e. The minimum absolute atomic E-state index is 0.0222. The van der Waals surface area contributed by atoms with Crippen molar-refractivity contribution in [3.63, 3.8) is 0 Å². The van der Waals surface area contributed by atoms with Gasteiger partial charge in [0.1, 0.15) is 29.3 Å². The maximum atomic E-state index is 13.8. The number of halogens is 7. The molecule has 1 fully saturated rings. The SMILES string of the molecule is COc1ncc(-c2ccc(N(C(=O)NCC(F)(F)F)C3CCC(Nc4ncc(C(F)(F)F)c(-c5nn(C)cc5Cl)n4)CC3)nc2)cn1. The number of carbonyl (C=O) groups excluding carboxylic acids is 1. The molecule has 0 radical (unpaired) electrons. The molecular weight excluding hydrogens is 658 g/mol. The van der Waals surface area contributed by atoms with Gasteiger partial charge in [0.25, 0.3) is 0 Å². The monoisotopic (exact) mass is 684 g/mol. The van der Waals surface area contributed by atoms with Crippen LogP contribution in [0.3, 0.4) is 0 Å². The lowest BCUT2D eigenvalue weighted by molar-refractivity contribution is -0.137. The molecule has 0 spiro atoms. The number of ether oxygens (including phenoxy) is 1. The second-order valence-corrected chi connectivity index (χ2v) is 11.0. The van der Waals surface area contributed by atoms with Gasteiger partial charge in [-0.2, -0.15) is 31.4 Å². The van der Waals surface area contributed by atoms with Crippen molar-refractivity contribution < 1.29 is 35.9 Å². The number of hydrogen-bond acceptors (Lipinski definition) is 9. The maximum Gasteiger partial charge on any atom is 0.420 e. The summed E-state index contributed by atoms with van der Waals surface area (Å²) in [4.78, 5) is 34.7. The minimum atomic E-state index is -4.77. The Hall–Kier alpha value is -4.74. The average molecular weight is 685 g/mol. The molecule has 0 bridgehead atoms. The molecule has 47 heavy (non-hydrogen) atoms. The van der Waals surface area contributed by atoms with Crippen LogP contribution in [0.4, 0.5) is 42.9 Å². The smallest absolute Gasteiger partial charge is 0.420 e. The van der Waals surface area contributed by atoms with Crippen LogP contribution in [0.1, 0.15) is 31.2 Å². The Morgan fingerprint density at radius 1 is 0.979 bits per heavy atom. The summed E-state index contributed by atoms with van der Waals surface area (Å²) in [5.74, 6) is 0.0416. The van der Waals surface area contributed by atoms with Crippen molar-refractivity contribution in [2.75, 3.05) is 23.9 Å². The molecule has 0 unspecified atom stereocenters. The van der Waals surface area contributed by atoms with Gasteiger partial charge < -0.3 is 15.4 Å². The Morgan fingerprint density at radius 3 is 2.21 bits per heavy atom. The quantitative estimate of drug-likeness (QED) is 0.217. The van der Waals surface area contributed by atoms with Gasteiger partial charge in [0.2, 0.25) is 5.95 Å². The van der Waals surface area contributed by atoms with Crippen molar-refractivity contribution in [1.82, 2.24) is 40.0 Å². The lowest BCUT2D eigenvalue weighted by atomic mass is 9.90. The van der Waals surface area contributed by atoms with Crippen LogP contribution < -0.4 is 20.3 Å². The van der Waals surface area contributed by atoms with E-state index in [2.05, 4.69) is 35.3 Å². The van der Waals surface area contributed by atoms with Crippen LogP contribution >= 0.6 is 11.6 Å². The Morgan fingerprint density at radius 2 is 1.66 bits per heavy atom. The number of aromatic nitrogens is 7. The first-order valence-electron chi connectivity index (χ1n) is 14.1. The number of amides is 2. The van der Waals surface area contributed by atoms with Crippen molar-refractivity contribution in [2.45, 2.75) is 50.1 Å². The van der Waals surface area contributed by atoms with E-state index in [4.69, 9.17) is 16.3 Å². The number of anilines is 2. The van der Waals surface area contributed by atoms with Crippen molar-refractivity contribution in [3.05, 3.63) is 53.7 Å². The fourth-order valence-corrected chi connectivity index (χ4v) is 5.38. The van der Waals surface area contributed by atoms with Gasteiger partial charge in [0.15, 0.2) is 0 Å². The summed E-state index contributed by atoms with van der Waals surface area (Å²) in [6.45, 7) is -1.53. The van der Waals surface area contributed by atoms with Gasteiger partial charge in [0, 0.05) is 61.2 Å². The summed E-state index contributed by atoms with van der Waals surface area (Å²) in [5, 5.41) is 8.94. The standard InChI is InChI=1S/C28H27ClF6N10O2/c1-44-13-20(29)23(43-44)22-19(28(33,34)35)12-37-24(42-22)41-17-4-6-18(7-5-17)45(26(46)40-14-27(30,31)32)21-8-3-15(9-36-21)16-10-38-25(47-2)39-11-16/h3,8-13,17-18H,4-7,14H2,1-2H3,(H,40,46)(H,37,41,42). The van der Waals surface area contributed by atoms with E-state index in [1.165, 1.54) is 54.6 Å². The summed E-state index contributed by atoms with van der Waals surface area (Å²) in [6, 6.07) is 1.48. The van der Waals surface area contributed by atoms with E-state index in [1.807, 2.05) is 5.32 Å². The highest BCUT2D eigenvalue weighted by atomic mass is 35.5. The van der Waals surface area contributed by atoms with E-state index in [1.54, 1.807) is 6.07 Å². The molecule has 0 atom stereocenters. The molecule has 2 amide bonds. The predicted octanol–water partition coefficient (Wildman–Crippen LogP) is 5.91. The first kappa shape index (κ1) is 33.6. The van der Waals surface area contributed by atoms with Crippen molar-refractivity contribution in [3.8, 4) is 28.5 Å². The molecule has 250 valence electrons. The fourth-order valence-electron chi connectivity index (χ4n) is 5.11. The third-order valence-electron chi connectivity index (χ3n) is 7.30. The first-order chi connectivity index (χ1) is 22.2. The molecule has 19 heteroatoms. The Kier molecular flexibility index (Phi) is 9.69. The van der Waals surface area contributed by atoms with Crippen LogP contribution in [0.25, 0.3) is 22.5 Å². The number of methoxy groups -OCH3 is 1. The zero-order chi connectivity index (χ0) is 33.9. The van der Waals surface area contributed by atoms with E-state index in [-0.39, 0.29) is 34.5 Å². The molecule has 4 heterocycles. The summed E-state index contributed by atoms with van der Waals surface area (Å²) >= 11 is 6.12. The van der Waals surface area contributed by atoms with Crippen LogP contribution in [0, 0.1) is 0 Å². The minimum Gasteiger partial charge on any atom is -0.467 e. The molecule has 1 saturated carbocycles.